The van der Waals surface area contributed by atoms with Crippen LogP contribution in [0.2, 0.25) is 0 Å². The Bertz CT molecular complexity index is 622. The van der Waals surface area contributed by atoms with Crippen molar-refractivity contribution in [3.05, 3.63) is 30.3 Å². The van der Waals surface area contributed by atoms with Gasteiger partial charge in [0.15, 0.2) is 0 Å². The molecule has 6 heteroatoms. The molecule has 5 nitrogen and oxygen atoms in total. The van der Waals surface area contributed by atoms with Gasteiger partial charge in [-0.3, -0.25) is 4.57 Å². The second-order valence-electron chi connectivity index (χ2n) is 5.32. The highest BCUT2D eigenvalue weighted by atomic mass is 16.6. The van der Waals surface area contributed by atoms with E-state index < -0.39 is 18.8 Å². The first-order chi connectivity index (χ1) is 8.79. The lowest BCUT2D eigenvalue weighted by Crippen LogP contribution is -2.40. The Hall–Kier alpha value is -1.79. The van der Waals surface area contributed by atoms with E-state index in [1.807, 2.05) is 6.07 Å². The number of fused-ring (bicyclic) bond motifs is 1. The first kappa shape index (κ1) is 13.6. The maximum Gasteiger partial charge on any atom is 0.506 e. The van der Waals surface area contributed by atoms with E-state index in [2.05, 4.69) is 0 Å². The smallest absolute Gasteiger partial charge is 0.443 e. The number of carbonyl (C=O) groups excluding carboxylic acids is 1. The van der Waals surface area contributed by atoms with Crippen LogP contribution in [0.3, 0.4) is 0 Å². The molecule has 1 aromatic heterocycles. The minimum atomic E-state index is -1.74. The number of ether oxygens (including phenoxy) is 1. The number of hydrogen-bond acceptors (Lipinski definition) is 4. The van der Waals surface area contributed by atoms with E-state index in [0.717, 1.165) is 5.39 Å². The van der Waals surface area contributed by atoms with Gasteiger partial charge in [0.25, 0.3) is 0 Å². The van der Waals surface area contributed by atoms with Crippen molar-refractivity contribution in [2.24, 2.45) is 0 Å². The summed E-state index contributed by atoms with van der Waals surface area (Å²) >= 11 is 0. The van der Waals surface area contributed by atoms with Gasteiger partial charge in [0, 0.05) is 2.85 Å². The number of rotatable bonds is 1. The average Bonchev–Trinajstić information content (AvgIpc) is 2.65. The maximum absolute atomic E-state index is 12.2. The molecular weight excluding hydrogens is 245 g/mol. The first-order valence-electron chi connectivity index (χ1n) is 5.99. The van der Waals surface area contributed by atoms with Gasteiger partial charge in [0.05, 0.1) is 11.1 Å². The summed E-state index contributed by atoms with van der Waals surface area (Å²) < 4.78 is 6.47. The molecule has 0 saturated heterocycles. The fourth-order valence-electron chi connectivity index (χ4n) is 1.88. The van der Waals surface area contributed by atoms with Crippen molar-refractivity contribution >= 4 is 29.7 Å². The van der Waals surface area contributed by atoms with Crippen molar-refractivity contribution in [3.8, 4) is 0 Å². The zero-order chi connectivity index (χ0) is 14.2. The molecule has 0 aliphatic carbocycles. The molecule has 2 aromatic rings. The van der Waals surface area contributed by atoms with E-state index in [1.165, 1.54) is 4.57 Å². The summed E-state index contributed by atoms with van der Waals surface area (Å²) in [6, 6.07) is 8.67. The number of carbonyl (C=O) groups is 1. The Balaban J connectivity index is 0.00000200. The van der Waals surface area contributed by atoms with E-state index in [4.69, 9.17) is 4.74 Å². The van der Waals surface area contributed by atoms with Crippen LogP contribution < -0.4 is 5.59 Å². The molecule has 104 valence electrons. The van der Waals surface area contributed by atoms with Crippen molar-refractivity contribution in [1.82, 2.24) is 4.57 Å². The standard InChI is InChI=1S/C13H16BNO4.2H2/c1-13(2,3)19-12(16)15-10-7-5-4-6-9(10)8-11(15)14(17)18;;/h4-8,17-18H,1-3H3;2*1H. The summed E-state index contributed by atoms with van der Waals surface area (Å²) in [6.07, 6.45) is -0.628. The van der Waals surface area contributed by atoms with Crippen LogP contribution in [0, 0.1) is 0 Å². The summed E-state index contributed by atoms with van der Waals surface area (Å²) in [5, 5.41) is 19.5. The molecule has 0 aliphatic rings. The lowest BCUT2D eigenvalue weighted by Gasteiger charge is -2.20. The summed E-state index contributed by atoms with van der Waals surface area (Å²) in [7, 11) is -1.74. The molecule has 2 rings (SSSR count). The molecule has 19 heavy (non-hydrogen) atoms. The Morgan fingerprint density at radius 2 is 1.95 bits per heavy atom. The highest BCUT2D eigenvalue weighted by molar-refractivity contribution is 6.59. The van der Waals surface area contributed by atoms with E-state index in [1.54, 1.807) is 45.0 Å². The minimum absolute atomic E-state index is 0. The summed E-state index contributed by atoms with van der Waals surface area (Å²) in [5.41, 5.74) is 0.0236. The van der Waals surface area contributed by atoms with E-state index >= 15 is 0 Å². The summed E-state index contributed by atoms with van der Waals surface area (Å²) in [6.45, 7) is 5.27. The monoisotopic (exact) mass is 265 g/mol. The number of hydrogen-bond donors (Lipinski definition) is 2. The first-order valence-corrected chi connectivity index (χ1v) is 5.99. The fraction of sp³-hybridized carbons (Fsp3) is 0.308. The Morgan fingerprint density at radius 1 is 1.32 bits per heavy atom. The Kier molecular flexibility index (Phi) is 3.39. The third-order valence-electron chi connectivity index (χ3n) is 2.58. The molecule has 0 bridgehead atoms. The van der Waals surface area contributed by atoms with Gasteiger partial charge in [-0.25, -0.2) is 4.79 Å². The van der Waals surface area contributed by atoms with Crippen LogP contribution >= 0.6 is 0 Å². The van der Waals surface area contributed by atoms with Crippen LogP contribution in [-0.4, -0.2) is 33.4 Å². The van der Waals surface area contributed by atoms with Gasteiger partial charge in [-0.15, -0.1) is 0 Å². The molecule has 2 N–H and O–H groups in total. The summed E-state index contributed by atoms with van der Waals surface area (Å²) in [4.78, 5) is 12.2. The molecule has 1 heterocycles. The predicted octanol–water partition coefficient (Wildman–Crippen LogP) is 1.60. The van der Waals surface area contributed by atoms with E-state index in [-0.39, 0.29) is 8.45 Å². The fourth-order valence-corrected chi connectivity index (χ4v) is 1.88. The van der Waals surface area contributed by atoms with Crippen molar-refractivity contribution in [2.45, 2.75) is 26.4 Å². The van der Waals surface area contributed by atoms with Crippen LogP contribution in [0.25, 0.3) is 10.9 Å². The van der Waals surface area contributed by atoms with E-state index in [9.17, 15) is 14.8 Å². The average molecular weight is 265 g/mol. The van der Waals surface area contributed by atoms with Crippen LogP contribution in [-0.2, 0) is 4.74 Å². The zero-order valence-corrected chi connectivity index (χ0v) is 11.1. The lowest BCUT2D eigenvalue weighted by molar-refractivity contribution is 0.0548. The van der Waals surface area contributed by atoms with Gasteiger partial charge in [-0.1, -0.05) is 18.2 Å². The van der Waals surface area contributed by atoms with Crippen LogP contribution in [0.4, 0.5) is 4.79 Å². The summed E-state index contributed by atoms with van der Waals surface area (Å²) in [5.74, 6) is 0. The van der Waals surface area contributed by atoms with Gasteiger partial charge in [-0.2, -0.15) is 0 Å². The second-order valence-corrected chi connectivity index (χ2v) is 5.32. The maximum atomic E-state index is 12.2. The van der Waals surface area contributed by atoms with Crippen molar-refractivity contribution < 1.29 is 22.4 Å². The molecular formula is C13H20BNO4. The third-order valence-corrected chi connectivity index (χ3v) is 2.58. The molecule has 0 spiro atoms. The topological polar surface area (TPSA) is 71.7 Å². The molecule has 1 aromatic carbocycles. The molecule has 0 radical (unpaired) electrons. The van der Waals surface area contributed by atoms with Crippen LogP contribution in [0.5, 0.6) is 0 Å². The Labute approximate surface area is 114 Å². The number of aromatic nitrogens is 1. The van der Waals surface area contributed by atoms with Crippen molar-refractivity contribution in [3.63, 3.8) is 0 Å². The van der Waals surface area contributed by atoms with Gasteiger partial charge in [-0.05, 0) is 38.3 Å². The highest BCUT2D eigenvalue weighted by Gasteiger charge is 2.26. The Morgan fingerprint density at radius 3 is 2.53 bits per heavy atom. The number of para-hydroxylation sites is 1. The van der Waals surface area contributed by atoms with Crippen LogP contribution in [0.15, 0.2) is 30.3 Å². The SMILES string of the molecule is CC(C)(C)OC(=O)n1c(B(O)O)cc2ccccc21.[HH].[HH]. The predicted molar refractivity (Wildman–Crippen MR) is 77.6 cm³/mol. The van der Waals surface area contributed by atoms with Crippen LogP contribution in [0.1, 0.15) is 23.6 Å². The number of nitrogens with zero attached hydrogens (tertiary/aromatic N) is 1. The third kappa shape index (κ3) is 2.80. The molecule has 0 unspecified atom stereocenters. The lowest BCUT2D eigenvalue weighted by atomic mass is 9.86. The van der Waals surface area contributed by atoms with Gasteiger partial charge in [0.1, 0.15) is 5.60 Å². The van der Waals surface area contributed by atoms with Gasteiger partial charge in [0.2, 0.25) is 0 Å². The number of benzene rings is 1. The minimum Gasteiger partial charge on any atom is -0.443 e. The van der Waals surface area contributed by atoms with E-state index in [0.29, 0.717) is 5.52 Å². The quantitative estimate of drug-likeness (QED) is 0.768. The normalized spacial score (nSPS) is 11.6. The van der Waals surface area contributed by atoms with Crippen molar-refractivity contribution in [2.75, 3.05) is 0 Å². The van der Waals surface area contributed by atoms with Gasteiger partial charge >= 0.3 is 13.2 Å². The second kappa shape index (κ2) is 4.72. The zero-order valence-electron chi connectivity index (χ0n) is 11.1. The molecule has 0 fully saturated rings. The largest absolute Gasteiger partial charge is 0.506 e. The van der Waals surface area contributed by atoms with Gasteiger partial charge < -0.3 is 14.8 Å². The molecule has 0 aliphatic heterocycles. The van der Waals surface area contributed by atoms with Crippen molar-refractivity contribution in [1.29, 1.82) is 0 Å². The molecule has 0 saturated carbocycles. The molecule has 0 atom stereocenters. The highest BCUT2D eigenvalue weighted by Crippen LogP contribution is 2.16. The molecule has 0 amide bonds.